The number of unbranched alkanes of at least 4 members (excludes halogenated alkanes) is 27. The summed E-state index contributed by atoms with van der Waals surface area (Å²) in [5.41, 5.74) is 0. The maximum atomic E-state index is 12.2. The molecule has 0 aromatic carbocycles. The van der Waals surface area contributed by atoms with E-state index < -0.39 is 12.4 Å². The minimum atomic E-state index is -0.669. The molecule has 0 aromatic rings. The van der Waals surface area contributed by atoms with Gasteiger partial charge in [-0.1, -0.05) is 180 Å². The number of nitrogens with one attached hydrogen (secondary N) is 1. The number of carbonyl (C=O) groups excluding carboxylic acids is 1. The third-order valence-electron chi connectivity index (χ3n) is 8.25. The summed E-state index contributed by atoms with van der Waals surface area (Å²) < 4.78 is 8.12. The van der Waals surface area contributed by atoms with Crippen LogP contribution in [0, 0.1) is 0 Å². The molecule has 40 heavy (non-hydrogen) atoms. The first-order valence-corrected chi connectivity index (χ1v) is 18.0. The maximum Gasteiger partial charge on any atom is 0.303 e. The standard InChI is InChI=1S/C36H71NO3/c1-2-3-4-5-6-7-8-9-11-14-17-20-23-26-29-32-35(38)37-34-31-28-25-22-19-16-13-10-12-15-18-21-24-27-30-33-36(39)40/h2-34H2,1H3,(H,37,38)(H,39,40)/i32D. The van der Waals surface area contributed by atoms with E-state index in [9.17, 15) is 9.59 Å². The van der Waals surface area contributed by atoms with Crippen molar-refractivity contribution in [1.82, 2.24) is 5.32 Å². The van der Waals surface area contributed by atoms with Crippen molar-refractivity contribution in [2.75, 3.05) is 6.54 Å². The first-order valence-electron chi connectivity index (χ1n) is 18.6. The van der Waals surface area contributed by atoms with Gasteiger partial charge in [0.05, 0.1) is 0 Å². The highest BCUT2D eigenvalue weighted by atomic mass is 16.4. The van der Waals surface area contributed by atoms with Crippen LogP contribution in [-0.2, 0) is 9.59 Å². The van der Waals surface area contributed by atoms with Gasteiger partial charge in [-0.05, 0) is 19.3 Å². The largest absolute Gasteiger partial charge is 0.481 e. The molecule has 0 fully saturated rings. The fourth-order valence-electron chi connectivity index (χ4n) is 5.56. The van der Waals surface area contributed by atoms with Gasteiger partial charge >= 0.3 is 5.97 Å². The Balaban J connectivity index is 3.27. The molecule has 0 bridgehead atoms. The third kappa shape index (κ3) is 35.0. The van der Waals surface area contributed by atoms with E-state index in [1.54, 1.807) is 0 Å². The van der Waals surface area contributed by atoms with Gasteiger partial charge in [-0.25, -0.2) is 0 Å². The molecule has 1 unspecified atom stereocenters. The molecule has 0 aromatic heterocycles. The van der Waals surface area contributed by atoms with E-state index in [4.69, 9.17) is 6.48 Å². The SMILES string of the molecule is [2H]C(CCCCCCCCCCCCCCCC)C(=O)NCCCCCCCCCCCCCCCCCC(=O)O. The van der Waals surface area contributed by atoms with Crippen molar-refractivity contribution in [1.29, 1.82) is 0 Å². The zero-order valence-electron chi connectivity index (χ0n) is 28.0. The van der Waals surface area contributed by atoms with E-state index in [-0.39, 0.29) is 5.91 Å². The predicted octanol–water partition coefficient (Wildman–Crippen LogP) is 11.7. The summed E-state index contributed by atoms with van der Waals surface area (Å²) in [7, 11) is 0. The van der Waals surface area contributed by atoms with E-state index in [2.05, 4.69) is 12.2 Å². The number of carbonyl (C=O) groups is 2. The minimum Gasteiger partial charge on any atom is -0.481 e. The first-order chi connectivity index (χ1) is 20.1. The number of hydrogen-bond donors (Lipinski definition) is 2. The number of hydrogen-bond acceptors (Lipinski definition) is 2. The Morgan fingerprint density at radius 3 is 1.12 bits per heavy atom. The van der Waals surface area contributed by atoms with Crippen LogP contribution in [0.2, 0.25) is 0 Å². The minimum absolute atomic E-state index is 0.0714. The molecular formula is C36H71NO3. The van der Waals surface area contributed by atoms with Gasteiger partial charge in [0.2, 0.25) is 5.91 Å². The molecular weight excluding hydrogens is 494 g/mol. The molecule has 2 N–H and O–H groups in total. The van der Waals surface area contributed by atoms with E-state index in [0.717, 1.165) is 38.6 Å². The van der Waals surface area contributed by atoms with E-state index in [0.29, 0.717) is 12.8 Å². The molecule has 0 saturated carbocycles. The zero-order chi connectivity index (χ0) is 30.1. The second-order valence-corrected chi connectivity index (χ2v) is 12.3. The topological polar surface area (TPSA) is 66.4 Å². The summed E-state index contributed by atoms with van der Waals surface area (Å²) in [5, 5.41) is 11.6. The summed E-state index contributed by atoms with van der Waals surface area (Å²) in [6.07, 6.45) is 37.5. The van der Waals surface area contributed by atoms with Gasteiger partial charge in [-0.3, -0.25) is 9.59 Å². The van der Waals surface area contributed by atoms with Crippen molar-refractivity contribution in [3.8, 4) is 0 Å². The smallest absolute Gasteiger partial charge is 0.303 e. The molecule has 1 atom stereocenters. The monoisotopic (exact) mass is 567 g/mol. The molecule has 0 saturated heterocycles. The van der Waals surface area contributed by atoms with Crippen molar-refractivity contribution < 1.29 is 16.1 Å². The first kappa shape index (κ1) is 37.0. The highest BCUT2D eigenvalue weighted by Gasteiger charge is 2.01. The Morgan fingerprint density at radius 1 is 0.475 bits per heavy atom. The van der Waals surface area contributed by atoms with Crippen molar-refractivity contribution in [2.45, 2.75) is 212 Å². The van der Waals surface area contributed by atoms with Crippen LogP contribution in [0.25, 0.3) is 0 Å². The van der Waals surface area contributed by atoms with Gasteiger partial charge in [0.15, 0.2) is 0 Å². The molecule has 1 amide bonds. The summed E-state index contributed by atoms with van der Waals surface area (Å²) in [6, 6.07) is 0. The van der Waals surface area contributed by atoms with Crippen LogP contribution in [0.3, 0.4) is 0 Å². The fourth-order valence-corrected chi connectivity index (χ4v) is 5.56. The Kier molecular flexibility index (Phi) is 31.6. The average Bonchev–Trinajstić information content (AvgIpc) is 2.96. The van der Waals surface area contributed by atoms with Crippen molar-refractivity contribution >= 4 is 11.9 Å². The van der Waals surface area contributed by atoms with Gasteiger partial charge in [0.1, 0.15) is 0 Å². The number of aliphatic carboxylic acids is 1. The summed E-state index contributed by atoms with van der Waals surface area (Å²) in [4.78, 5) is 22.6. The lowest BCUT2D eigenvalue weighted by Gasteiger charge is -2.06. The second kappa shape index (κ2) is 34.1. The van der Waals surface area contributed by atoms with Crippen LogP contribution in [0.15, 0.2) is 0 Å². The molecule has 238 valence electrons. The summed E-state index contributed by atoms with van der Waals surface area (Å²) >= 11 is 0. The molecule has 4 heteroatoms. The van der Waals surface area contributed by atoms with Crippen molar-refractivity contribution in [2.24, 2.45) is 0 Å². The number of amides is 1. The molecule has 0 radical (unpaired) electrons. The Bertz CT molecular complexity index is 557. The van der Waals surface area contributed by atoms with Crippen molar-refractivity contribution in [3.05, 3.63) is 0 Å². The number of rotatable bonds is 34. The normalized spacial score (nSPS) is 12.4. The molecule has 0 heterocycles. The molecule has 0 aliphatic heterocycles. The Labute approximate surface area is 252 Å². The fraction of sp³-hybridized carbons (Fsp3) is 0.944. The average molecular weight is 567 g/mol. The lowest BCUT2D eigenvalue weighted by atomic mass is 10.0. The molecule has 0 spiro atoms. The quantitative estimate of drug-likeness (QED) is 0.0761. The Hall–Kier alpha value is -1.06. The molecule has 0 aliphatic rings. The number of carboxylic acids is 1. The second-order valence-electron chi connectivity index (χ2n) is 12.3. The van der Waals surface area contributed by atoms with Crippen LogP contribution >= 0.6 is 0 Å². The summed E-state index contributed by atoms with van der Waals surface area (Å²) in [5.74, 6) is -0.741. The van der Waals surface area contributed by atoms with E-state index in [1.165, 1.54) is 154 Å². The zero-order valence-corrected chi connectivity index (χ0v) is 27.0. The number of carboxylic acid groups (broad SMARTS) is 1. The highest BCUT2D eigenvalue weighted by molar-refractivity contribution is 5.75. The maximum absolute atomic E-state index is 12.2. The Morgan fingerprint density at radius 2 is 0.775 bits per heavy atom. The van der Waals surface area contributed by atoms with Gasteiger partial charge in [0, 0.05) is 20.7 Å². The highest BCUT2D eigenvalue weighted by Crippen LogP contribution is 2.15. The van der Waals surface area contributed by atoms with E-state index >= 15 is 0 Å². The lowest BCUT2D eigenvalue weighted by molar-refractivity contribution is -0.137. The van der Waals surface area contributed by atoms with Crippen LogP contribution in [0.4, 0.5) is 0 Å². The van der Waals surface area contributed by atoms with Gasteiger partial charge in [-0.15, -0.1) is 0 Å². The lowest BCUT2D eigenvalue weighted by Crippen LogP contribution is -2.23. The van der Waals surface area contributed by atoms with Crippen molar-refractivity contribution in [3.63, 3.8) is 0 Å². The van der Waals surface area contributed by atoms with Crippen LogP contribution in [-0.4, -0.2) is 23.5 Å². The van der Waals surface area contributed by atoms with Crippen LogP contribution in [0.5, 0.6) is 0 Å². The molecule has 0 aliphatic carbocycles. The summed E-state index contributed by atoms with van der Waals surface area (Å²) in [6.45, 7) is 3.01. The third-order valence-corrected chi connectivity index (χ3v) is 8.25. The molecule has 4 nitrogen and oxygen atoms in total. The van der Waals surface area contributed by atoms with Gasteiger partial charge < -0.3 is 10.4 Å². The van der Waals surface area contributed by atoms with Crippen LogP contribution < -0.4 is 5.32 Å². The predicted molar refractivity (Wildman–Crippen MR) is 174 cm³/mol. The van der Waals surface area contributed by atoms with Gasteiger partial charge in [0.25, 0.3) is 0 Å². The van der Waals surface area contributed by atoms with Crippen LogP contribution in [0.1, 0.15) is 214 Å². The van der Waals surface area contributed by atoms with E-state index in [1.807, 2.05) is 0 Å². The van der Waals surface area contributed by atoms with Gasteiger partial charge in [-0.2, -0.15) is 0 Å². The molecule has 0 rings (SSSR count).